The number of hydrogen-bond donors (Lipinski definition) is 3. The summed E-state index contributed by atoms with van der Waals surface area (Å²) in [6, 6.07) is 14.5. The Balaban J connectivity index is 1.30. The van der Waals surface area contributed by atoms with Crippen molar-refractivity contribution in [3.8, 4) is 0 Å². The second-order valence-electron chi connectivity index (χ2n) is 7.30. The highest BCUT2D eigenvalue weighted by atomic mass is 19.1. The first-order valence-electron chi connectivity index (χ1n) is 9.57. The standard InChI is InChI=1S/C21H24FN5O/c1-27(21-23-18-7-3-2-6-17(18)20(28)24-21)12-4-5-16-13-19(26-25-16)14-8-10-15(22)11-9-14/h2-3,6-11,16,19,25-26H,4-5,12-13H2,1H3,(H,23,24,28). The van der Waals surface area contributed by atoms with Crippen molar-refractivity contribution in [3.63, 3.8) is 0 Å². The SMILES string of the molecule is CN(CCCC1CC(c2ccc(F)cc2)NN1)c1nc2ccccc2c(=O)[nH]1. The van der Waals surface area contributed by atoms with E-state index < -0.39 is 0 Å². The molecule has 146 valence electrons. The number of aromatic nitrogens is 2. The summed E-state index contributed by atoms with van der Waals surface area (Å²) in [6.45, 7) is 0.792. The summed E-state index contributed by atoms with van der Waals surface area (Å²) in [5.41, 5.74) is 8.31. The molecule has 2 aromatic carbocycles. The lowest BCUT2D eigenvalue weighted by Gasteiger charge is -2.19. The third-order valence-electron chi connectivity index (χ3n) is 5.26. The number of H-pyrrole nitrogens is 1. The lowest BCUT2D eigenvalue weighted by atomic mass is 10.00. The molecule has 0 radical (unpaired) electrons. The Bertz CT molecular complexity index is 1000. The fraction of sp³-hybridized carbons (Fsp3) is 0.333. The highest BCUT2D eigenvalue weighted by Crippen LogP contribution is 2.24. The largest absolute Gasteiger partial charge is 0.345 e. The molecular weight excluding hydrogens is 357 g/mol. The summed E-state index contributed by atoms with van der Waals surface area (Å²) >= 11 is 0. The van der Waals surface area contributed by atoms with E-state index in [0.29, 0.717) is 22.9 Å². The molecule has 28 heavy (non-hydrogen) atoms. The second-order valence-corrected chi connectivity index (χ2v) is 7.30. The van der Waals surface area contributed by atoms with Crippen molar-refractivity contribution >= 4 is 16.9 Å². The normalized spacial score (nSPS) is 19.2. The molecule has 0 bridgehead atoms. The van der Waals surface area contributed by atoms with Crippen LogP contribution in [0, 0.1) is 5.82 Å². The maximum absolute atomic E-state index is 13.1. The van der Waals surface area contributed by atoms with Crippen molar-refractivity contribution in [1.29, 1.82) is 0 Å². The number of halogens is 1. The van der Waals surface area contributed by atoms with E-state index in [0.717, 1.165) is 31.4 Å². The lowest BCUT2D eigenvalue weighted by Crippen LogP contribution is -2.32. The first-order chi connectivity index (χ1) is 13.6. The van der Waals surface area contributed by atoms with Crippen molar-refractivity contribution < 1.29 is 4.39 Å². The average Bonchev–Trinajstić information content (AvgIpc) is 3.17. The van der Waals surface area contributed by atoms with E-state index in [4.69, 9.17) is 0 Å². The Labute approximate surface area is 162 Å². The molecule has 3 aromatic rings. The predicted molar refractivity (Wildman–Crippen MR) is 109 cm³/mol. The molecule has 1 aliphatic heterocycles. The molecular formula is C21H24FN5O. The van der Waals surface area contributed by atoms with E-state index in [2.05, 4.69) is 20.8 Å². The van der Waals surface area contributed by atoms with Crippen LogP contribution in [0.2, 0.25) is 0 Å². The maximum atomic E-state index is 13.1. The number of rotatable bonds is 6. The number of hydrogen-bond acceptors (Lipinski definition) is 5. The molecule has 0 saturated carbocycles. The number of hydrazine groups is 1. The van der Waals surface area contributed by atoms with Gasteiger partial charge in [-0.1, -0.05) is 24.3 Å². The van der Waals surface area contributed by atoms with E-state index in [-0.39, 0.29) is 17.4 Å². The summed E-state index contributed by atoms with van der Waals surface area (Å²) in [7, 11) is 1.94. The van der Waals surface area contributed by atoms with Gasteiger partial charge in [0.2, 0.25) is 5.95 Å². The number of benzene rings is 2. The first kappa shape index (κ1) is 18.6. The van der Waals surface area contributed by atoms with E-state index in [9.17, 15) is 9.18 Å². The summed E-state index contributed by atoms with van der Waals surface area (Å²) in [4.78, 5) is 21.6. The zero-order valence-corrected chi connectivity index (χ0v) is 15.8. The molecule has 2 unspecified atom stereocenters. The van der Waals surface area contributed by atoms with Gasteiger partial charge in [0.15, 0.2) is 0 Å². The highest BCUT2D eigenvalue weighted by molar-refractivity contribution is 5.78. The van der Waals surface area contributed by atoms with Gasteiger partial charge in [0, 0.05) is 25.7 Å². The Morgan fingerprint density at radius 3 is 2.75 bits per heavy atom. The van der Waals surface area contributed by atoms with Gasteiger partial charge in [-0.2, -0.15) is 0 Å². The van der Waals surface area contributed by atoms with E-state index >= 15 is 0 Å². The van der Waals surface area contributed by atoms with Gasteiger partial charge in [-0.3, -0.25) is 20.6 Å². The van der Waals surface area contributed by atoms with Gasteiger partial charge >= 0.3 is 0 Å². The third-order valence-corrected chi connectivity index (χ3v) is 5.26. The predicted octanol–water partition coefficient (Wildman–Crippen LogP) is 2.89. The quantitative estimate of drug-likeness (QED) is 0.612. The molecule has 1 aliphatic rings. The fourth-order valence-corrected chi connectivity index (χ4v) is 3.66. The minimum atomic E-state index is -0.213. The van der Waals surface area contributed by atoms with Gasteiger partial charge < -0.3 is 4.90 Å². The average molecular weight is 381 g/mol. The molecule has 0 aliphatic carbocycles. The Kier molecular flexibility index (Phi) is 5.36. The van der Waals surface area contributed by atoms with Crippen LogP contribution in [-0.2, 0) is 0 Å². The van der Waals surface area contributed by atoms with Crippen LogP contribution in [0.5, 0.6) is 0 Å². The fourth-order valence-electron chi connectivity index (χ4n) is 3.66. The van der Waals surface area contributed by atoms with Crippen LogP contribution < -0.4 is 21.3 Å². The number of nitrogens with one attached hydrogen (secondary N) is 3. The number of nitrogens with zero attached hydrogens (tertiary/aromatic N) is 2. The molecule has 4 rings (SSSR count). The summed E-state index contributed by atoms with van der Waals surface area (Å²) < 4.78 is 13.1. The van der Waals surface area contributed by atoms with Crippen LogP contribution in [0.25, 0.3) is 10.9 Å². The van der Waals surface area contributed by atoms with E-state index in [1.165, 1.54) is 12.1 Å². The van der Waals surface area contributed by atoms with Gasteiger partial charge in [-0.15, -0.1) is 0 Å². The van der Waals surface area contributed by atoms with Gasteiger partial charge in [-0.05, 0) is 49.1 Å². The Morgan fingerprint density at radius 2 is 1.93 bits per heavy atom. The third kappa shape index (κ3) is 4.05. The van der Waals surface area contributed by atoms with Crippen molar-refractivity contribution in [1.82, 2.24) is 20.8 Å². The second kappa shape index (κ2) is 8.08. The molecule has 1 saturated heterocycles. The molecule has 0 amide bonds. The maximum Gasteiger partial charge on any atom is 0.260 e. The summed E-state index contributed by atoms with van der Waals surface area (Å²) in [6.07, 6.45) is 2.91. The van der Waals surface area contributed by atoms with Crippen molar-refractivity contribution in [3.05, 3.63) is 70.3 Å². The number of aromatic amines is 1. The number of fused-ring (bicyclic) bond motifs is 1. The van der Waals surface area contributed by atoms with Crippen molar-refractivity contribution in [2.24, 2.45) is 0 Å². The monoisotopic (exact) mass is 381 g/mol. The highest BCUT2D eigenvalue weighted by Gasteiger charge is 2.24. The van der Waals surface area contributed by atoms with E-state index in [1.54, 1.807) is 6.07 Å². The van der Waals surface area contributed by atoms with Gasteiger partial charge in [0.25, 0.3) is 5.56 Å². The molecule has 1 aromatic heterocycles. The zero-order chi connectivity index (χ0) is 19.5. The van der Waals surface area contributed by atoms with Crippen molar-refractivity contribution in [2.45, 2.75) is 31.3 Å². The van der Waals surface area contributed by atoms with Crippen LogP contribution in [0.1, 0.15) is 30.9 Å². The van der Waals surface area contributed by atoms with Crippen LogP contribution in [-0.4, -0.2) is 29.6 Å². The zero-order valence-electron chi connectivity index (χ0n) is 15.8. The smallest absolute Gasteiger partial charge is 0.260 e. The molecule has 3 N–H and O–H groups in total. The summed E-state index contributed by atoms with van der Waals surface area (Å²) in [5, 5.41) is 0.604. The molecule has 2 atom stereocenters. The van der Waals surface area contributed by atoms with Crippen LogP contribution in [0.15, 0.2) is 53.3 Å². The molecule has 7 heteroatoms. The lowest BCUT2D eigenvalue weighted by molar-refractivity contribution is 0.502. The first-order valence-corrected chi connectivity index (χ1v) is 9.57. The Hall–Kier alpha value is -2.77. The number of para-hydroxylation sites is 1. The minimum Gasteiger partial charge on any atom is -0.345 e. The summed E-state index contributed by atoms with van der Waals surface area (Å²) in [5.74, 6) is 0.375. The van der Waals surface area contributed by atoms with Crippen molar-refractivity contribution in [2.75, 3.05) is 18.5 Å². The topological polar surface area (TPSA) is 73.0 Å². The minimum absolute atomic E-state index is 0.115. The Morgan fingerprint density at radius 1 is 1.14 bits per heavy atom. The van der Waals surface area contributed by atoms with Crippen LogP contribution in [0.3, 0.4) is 0 Å². The molecule has 6 nitrogen and oxygen atoms in total. The van der Waals surface area contributed by atoms with Gasteiger partial charge in [0.1, 0.15) is 5.82 Å². The molecule has 2 heterocycles. The van der Waals surface area contributed by atoms with Crippen LogP contribution >= 0.6 is 0 Å². The van der Waals surface area contributed by atoms with Gasteiger partial charge in [-0.25, -0.2) is 9.37 Å². The molecule has 1 fully saturated rings. The van der Waals surface area contributed by atoms with Gasteiger partial charge in [0.05, 0.1) is 10.9 Å². The van der Waals surface area contributed by atoms with Crippen LogP contribution in [0.4, 0.5) is 10.3 Å². The molecule has 0 spiro atoms. The van der Waals surface area contributed by atoms with E-state index in [1.807, 2.05) is 42.3 Å². The number of anilines is 1.